The van der Waals surface area contributed by atoms with E-state index in [9.17, 15) is 9.59 Å². The lowest BCUT2D eigenvalue weighted by Crippen LogP contribution is -2.36. The molecule has 0 unspecified atom stereocenters. The number of amides is 2. The molecule has 0 radical (unpaired) electrons. The van der Waals surface area contributed by atoms with Crippen molar-refractivity contribution in [3.8, 4) is 0 Å². The van der Waals surface area contributed by atoms with Crippen LogP contribution in [0.15, 0.2) is 0 Å². The number of thioether (sulfide) groups is 1. The van der Waals surface area contributed by atoms with E-state index in [2.05, 4.69) is 17.6 Å². The summed E-state index contributed by atoms with van der Waals surface area (Å²) in [5.41, 5.74) is 0. The van der Waals surface area contributed by atoms with Gasteiger partial charge in [0.1, 0.15) is 5.78 Å². The number of urea groups is 1. The van der Waals surface area contributed by atoms with Gasteiger partial charge in [-0.1, -0.05) is 34.9 Å². The molecule has 2 heterocycles. The molecule has 0 aromatic rings. The van der Waals surface area contributed by atoms with Crippen LogP contribution in [-0.2, 0) is 4.79 Å². The van der Waals surface area contributed by atoms with E-state index < -0.39 is 0 Å². The first-order valence-corrected chi connectivity index (χ1v) is 12.2. The summed E-state index contributed by atoms with van der Waals surface area (Å²) in [6.07, 6.45) is 6.88. The summed E-state index contributed by atoms with van der Waals surface area (Å²) in [7, 11) is 3.81. The molecule has 7 heteroatoms. The summed E-state index contributed by atoms with van der Waals surface area (Å²) in [4.78, 5) is 23.2. The zero-order valence-corrected chi connectivity index (χ0v) is 16.3. The molecule has 23 heavy (non-hydrogen) atoms. The van der Waals surface area contributed by atoms with E-state index in [-0.39, 0.29) is 6.03 Å². The number of fused-ring (bicyclic) bond motifs is 1. The Morgan fingerprint density at radius 1 is 1.17 bits per heavy atom. The SMILES string of the molecule is CCCSSCCCC(=O)CCCC[C@@H]1SC[C@@H]2NC(=O)N[C@@H]21. The molecule has 4 nitrogen and oxygen atoms in total. The van der Waals surface area contributed by atoms with Gasteiger partial charge in [-0.25, -0.2) is 4.79 Å². The number of hydrogen-bond donors (Lipinski definition) is 2. The quantitative estimate of drug-likeness (QED) is 0.308. The smallest absolute Gasteiger partial charge is 0.315 e. The number of Topliss-reactive ketones (excluding diaryl/α,β-unsaturated/α-hetero) is 1. The minimum Gasteiger partial charge on any atom is -0.332 e. The average molecular weight is 377 g/mol. The fourth-order valence-corrected chi connectivity index (χ4v) is 6.73. The molecular weight excluding hydrogens is 348 g/mol. The molecule has 0 aromatic carbocycles. The molecule has 2 N–H and O–H groups in total. The maximum absolute atomic E-state index is 11.9. The lowest BCUT2D eigenvalue weighted by molar-refractivity contribution is -0.119. The maximum Gasteiger partial charge on any atom is 0.315 e. The van der Waals surface area contributed by atoms with Gasteiger partial charge in [-0.3, -0.25) is 4.79 Å². The molecular formula is C16H28N2O2S3. The van der Waals surface area contributed by atoms with E-state index in [0.29, 0.717) is 23.1 Å². The molecule has 0 spiro atoms. The Kier molecular flexibility index (Phi) is 9.05. The molecule has 2 rings (SSSR count). The van der Waals surface area contributed by atoms with E-state index >= 15 is 0 Å². The molecule has 2 aliphatic heterocycles. The first-order valence-electron chi connectivity index (χ1n) is 8.65. The van der Waals surface area contributed by atoms with Crippen molar-refractivity contribution in [2.45, 2.75) is 69.2 Å². The highest BCUT2D eigenvalue weighted by Crippen LogP contribution is 2.33. The zero-order chi connectivity index (χ0) is 16.5. The van der Waals surface area contributed by atoms with Gasteiger partial charge < -0.3 is 10.6 Å². The number of nitrogens with one attached hydrogen (secondary N) is 2. The molecule has 2 fully saturated rings. The van der Waals surface area contributed by atoms with E-state index in [1.807, 2.05) is 33.3 Å². The molecule has 0 aliphatic carbocycles. The third kappa shape index (κ3) is 6.78. The van der Waals surface area contributed by atoms with Crippen molar-refractivity contribution in [2.75, 3.05) is 17.3 Å². The highest BCUT2D eigenvalue weighted by molar-refractivity contribution is 8.76. The van der Waals surface area contributed by atoms with Crippen LogP contribution in [0.25, 0.3) is 0 Å². The van der Waals surface area contributed by atoms with Crippen LogP contribution in [0.4, 0.5) is 4.79 Å². The Hall–Kier alpha value is -0.0100. The van der Waals surface area contributed by atoms with E-state index in [1.54, 1.807) is 0 Å². The Morgan fingerprint density at radius 3 is 2.78 bits per heavy atom. The number of ketones is 1. The van der Waals surface area contributed by atoms with Gasteiger partial charge in [-0.15, -0.1) is 0 Å². The minimum atomic E-state index is -0.0181. The van der Waals surface area contributed by atoms with Crippen LogP contribution in [0.2, 0.25) is 0 Å². The Labute approximate surface area is 151 Å². The van der Waals surface area contributed by atoms with E-state index in [0.717, 1.165) is 50.0 Å². The van der Waals surface area contributed by atoms with Gasteiger partial charge in [0, 0.05) is 35.4 Å². The molecule has 0 saturated carbocycles. The average Bonchev–Trinajstić information content (AvgIpc) is 3.07. The second-order valence-electron chi connectivity index (χ2n) is 6.15. The monoisotopic (exact) mass is 376 g/mol. The summed E-state index contributed by atoms with van der Waals surface area (Å²) < 4.78 is 0. The second-order valence-corrected chi connectivity index (χ2v) is 10.1. The van der Waals surface area contributed by atoms with Crippen LogP contribution < -0.4 is 10.6 Å². The van der Waals surface area contributed by atoms with Crippen LogP contribution in [0, 0.1) is 0 Å². The molecule has 2 amide bonds. The van der Waals surface area contributed by atoms with Crippen LogP contribution in [0.3, 0.4) is 0 Å². The molecule has 0 aromatic heterocycles. The van der Waals surface area contributed by atoms with E-state index in [4.69, 9.17) is 0 Å². The molecule has 0 bridgehead atoms. The normalized spacial score (nSPS) is 26.0. The molecule has 3 atom stereocenters. The number of carbonyl (C=O) groups is 2. The first-order chi connectivity index (χ1) is 11.2. The van der Waals surface area contributed by atoms with Crippen molar-refractivity contribution in [2.24, 2.45) is 0 Å². The summed E-state index contributed by atoms with van der Waals surface area (Å²) in [5, 5.41) is 6.50. The zero-order valence-electron chi connectivity index (χ0n) is 13.8. The van der Waals surface area contributed by atoms with Crippen LogP contribution >= 0.6 is 33.3 Å². The third-order valence-electron chi connectivity index (χ3n) is 4.19. The lowest BCUT2D eigenvalue weighted by atomic mass is 10.0. The van der Waals surface area contributed by atoms with Crippen LogP contribution in [0.1, 0.15) is 51.9 Å². The first kappa shape index (κ1) is 19.3. The van der Waals surface area contributed by atoms with E-state index in [1.165, 1.54) is 12.2 Å². The predicted molar refractivity (Wildman–Crippen MR) is 103 cm³/mol. The standard InChI is InChI=1S/C16H28N2O2S3/c1-2-9-22-23-10-5-7-12(19)6-3-4-8-14-15-13(11-21-14)17-16(20)18-15/h13-15H,2-11H2,1H3,(H2,17,18,20)/t13-,14-,15-/m0/s1. The topological polar surface area (TPSA) is 58.2 Å². The largest absolute Gasteiger partial charge is 0.332 e. The second kappa shape index (κ2) is 10.8. The van der Waals surface area contributed by atoms with Gasteiger partial charge >= 0.3 is 6.03 Å². The Balaban J connectivity index is 1.46. The molecule has 2 aliphatic rings. The number of rotatable bonds is 12. The van der Waals surface area contributed by atoms with Crippen molar-refractivity contribution in [3.05, 3.63) is 0 Å². The molecule has 132 valence electrons. The molecule has 2 saturated heterocycles. The minimum absolute atomic E-state index is 0.0181. The fraction of sp³-hybridized carbons (Fsp3) is 0.875. The Bertz CT molecular complexity index is 396. The number of hydrogen-bond acceptors (Lipinski definition) is 5. The number of unbranched alkanes of at least 4 members (excludes halogenated alkanes) is 1. The predicted octanol–water partition coefficient (Wildman–Crippen LogP) is 3.85. The summed E-state index contributed by atoms with van der Waals surface area (Å²) in [5.74, 6) is 3.72. The van der Waals surface area contributed by atoms with Crippen molar-refractivity contribution >= 4 is 45.2 Å². The van der Waals surface area contributed by atoms with Gasteiger partial charge in [-0.05, 0) is 25.7 Å². The van der Waals surface area contributed by atoms with Crippen LogP contribution in [0.5, 0.6) is 0 Å². The van der Waals surface area contributed by atoms with Gasteiger partial charge in [0.25, 0.3) is 0 Å². The lowest BCUT2D eigenvalue weighted by Gasteiger charge is -2.16. The van der Waals surface area contributed by atoms with Crippen LogP contribution in [-0.4, -0.2) is 46.4 Å². The highest BCUT2D eigenvalue weighted by Gasteiger charge is 2.42. The van der Waals surface area contributed by atoms with Gasteiger partial charge in [0.05, 0.1) is 12.1 Å². The number of carbonyl (C=O) groups excluding carboxylic acids is 2. The van der Waals surface area contributed by atoms with Gasteiger partial charge in [0.2, 0.25) is 0 Å². The maximum atomic E-state index is 11.9. The van der Waals surface area contributed by atoms with Crippen molar-refractivity contribution < 1.29 is 9.59 Å². The summed E-state index contributed by atoms with van der Waals surface area (Å²) >= 11 is 1.95. The van der Waals surface area contributed by atoms with Gasteiger partial charge in [0.15, 0.2) is 0 Å². The summed E-state index contributed by atoms with van der Waals surface area (Å²) in [6.45, 7) is 2.19. The van der Waals surface area contributed by atoms with Gasteiger partial charge in [-0.2, -0.15) is 11.8 Å². The van der Waals surface area contributed by atoms with Crippen molar-refractivity contribution in [1.82, 2.24) is 10.6 Å². The fourth-order valence-electron chi connectivity index (χ4n) is 2.97. The third-order valence-corrected chi connectivity index (χ3v) is 8.39. The van der Waals surface area contributed by atoms with Crippen molar-refractivity contribution in [3.63, 3.8) is 0 Å². The van der Waals surface area contributed by atoms with Crippen molar-refractivity contribution in [1.29, 1.82) is 0 Å². The Morgan fingerprint density at radius 2 is 1.96 bits per heavy atom. The highest BCUT2D eigenvalue weighted by atomic mass is 33.1. The summed E-state index contributed by atoms with van der Waals surface area (Å²) in [6, 6.07) is 0.582.